The van der Waals surface area contributed by atoms with Crippen LogP contribution in [0.5, 0.6) is 0 Å². The molecule has 1 amide bonds. The Labute approximate surface area is 144 Å². The van der Waals surface area contributed by atoms with Crippen LogP contribution in [0.4, 0.5) is 0 Å². The van der Waals surface area contributed by atoms with Gasteiger partial charge in [-0.2, -0.15) is 0 Å². The number of aryl methyl sites for hydroxylation is 1. The molecule has 1 fully saturated rings. The molecular weight excluding hydrogens is 324 g/mol. The van der Waals surface area contributed by atoms with Gasteiger partial charge in [0.2, 0.25) is 5.91 Å². The van der Waals surface area contributed by atoms with Gasteiger partial charge in [-0.1, -0.05) is 29.8 Å². The van der Waals surface area contributed by atoms with Gasteiger partial charge in [-0.05, 0) is 32.6 Å². The number of carboxylic acid groups (broad SMARTS) is 1. The van der Waals surface area contributed by atoms with Gasteiger partial charge in [0.05, 0.1) is 12.1 Å². The fourth-order valence-corrected chi connectivity index (χ4v) is 3.53. The minimum Gasteiger partial charge on any atom is -0.480 e. The average molecular weight is 344 g/mol. The molecule has 1 atom stereocenters. The largest absolute Gasteiger partial charge is 0.480 e. The average Bonchev–Trinajstić information content (AvgIpc) is 3.29. The minimum atomic E-state index is -1.17. The standard InChI is InChI=1S/C18H20N2O3S/c1-11-3-5-12(6-4-11)16-19-14(10-24-16)9-15(21)20-18(2,17(22)23)13-7-8-13/h3-6,10,13H,7-9H2,1-2H3,(H,20,21)(H,22,23). The SMILES string of the molecule is Cc1ccc(-c2nc(CC(=O)NC(C)(C(=O)O)C3CC3)cs2)cc1. The van der Waals surface area contributed by atoms with Gasteiger partial charge in [0, 0.05) is 10.9 Å². The smallest absolute Gasteiger partial charge is 0.329 e. The highest BCUT2D eigenvalue weighted by Gasteiger charge is 2.48. The Morgan fingerprint density at radius 1 is 1.33 bits per heavy atom. The molecule has 1 aromatic heterocycles. The van der Waals surface area contributed by atoms with E-state index in [1.165, 1.54) is 16.9 Å². The van der Waals surface area contributed by atoms with E-state index in [9.17, 15) is 14.7 Å². The Hall–Kier alpha value is -2.21. The minimum absolute atomic E-state index is 0.0255. The van der Waals surface area contributed by atoms with Crippen molar-refractivity contribution in [1.82, 2.24) is 10.3 Å². The number of carbonyl (C=O) groups is 2. The molecule has 5 nitrogen and oxygen atoms in total. The number of nitrogens with one attached hydrogen (secondary N) is 1. The molecule has 1 aliphatic rings. The molecule has 1 aromatic carbocycles. The van der Waals surface area contributed by atoms with E-state index in [1.807, 2.05) is 36.6 Å². The zero-order valence-electron chi connectivity index (χ0n) is 13.7. The molecule has 0 bridgehead atoms. The van der Waals surface area contributed by atoms with Gasteiger partial charge in [-0.15, -0.1) is 11.3 Å². The van der Waals surface area contributed by atoms with Crippen molar-refractivity contribution >= 4 is 23.2 Å². The summed E-state index contributed by atoms with van der Waals surface area (Å²) in [5.74, 6) is -1.25. The number of thiazole rings is 1. The summed E-state index contributed by atoms with van der Waals surface area (Å²) in [6.45, 7) is 3.62. The summed E-state index contributed by atoms with van der Waals surface area (Å²) in [7, 11) is 0. The van der Waals surface area contributed by atoms with Crippen molar-refractivity contribution in [1.29, 1.82) is 0 Å². The molecule has 0 aliphatic heterocycles. The Balaban J connectivity index is 1.67. The summed E-state index contributed by atoms with van der Waals surface area (Å²) >= 11 is 1.49. The van der Waals surface area contributed by atoms with E-state index in [1.54, 1.807) is 6.92 Å². The number of rotatable bonds is 6. The monoisotopic (exact) mass is 344 g/mol. The second-order valence-electron chi connectivity index (χ2n) is 6.52. The van der Waals surface area contributed by atoms with E-state index in [0.29, 0.717) is 5.69 Å². The number of amides is 1. The highest BCUT2D eigenvalue weighted by molar-refractivity contribution is 7.13. The van der Waals surface area contributed by atoms with Crippen LogP contribution in [0.2, 0.25) is 0 Å². The molecule has 24 heavy (non-hydrogen) atoms. The number of carboxylic acids is 1. The van der Waals surface area contributed by atoms with Gasteiger partial charge in [0.1, 0.15) is 10.5 Å². The molecule has 6 heteroatoms. The molecule has 126 valence electrons. The molecule has 3 rings (SSSR count). The first-order valence-corrected chi connectivity index (χ1v) is 8.82. The van der Waals surface area contributed by atoms with Crippen molar-refractivity contribution in [2.24, 2.45) is 5.92 Å². The third kappa shape index (κ3) is 3.48. The first-order valence-electron chi connectivity index (χ1n) is 7.94. The quantitative estimate of drug-likeness (QED) is 0.844. The highest BCUT2D eigenvalue weighted by Crippen LogP contribution is 2.39. The van der Waals surface area contributed by atoms with E-state index in [-0.39, 0.29) is 18.2 Å². The van der Waals surface area contributed by atoms with E-state index in [4.69, 9.17) is 0 Å². The van der Waals surface area contributed by atoms with Crippen LogP contribution in [-0.2, 0) is 16.0 Å². The van der Waals surface area contributed by atoms with Crippen molar-refractivity contribution in [3.63, 3.8) is 0 Å². The Bertz CT molecular complexity index is 765. The maximum absolute atomic E-state index is 12.2. The maximum Gasteiger partial charge on any atom is 0.329 e. The predicted molar refractivity (Wildman–Crippen MR) is 92.9 cm³/mol. The summed E-state index contributed by atoms with van der Waals surface area (Å²) in [5, 5.41) is 14.8. The third-order valence-electron chi connectivity index (χ3n) is 4.43. The van der Waals surface area contributed by atoms with Gasteiger partial charge >= 0.3 is 5.97 Å². The normalized spacial score (nSPS) is 16.4. The van der Waals surface area contributed by atoms with Gasteiger partial charge in [-0.25, -0.2) is 9.78 Å². The summed E-state index contributed by atoms with van der Waals surface area (Å²) < 4.78 is 0. The molecule has 1 saturated carbocycles. The molecule has 1 aliphatic carbocycles. The summed E-state index contributed by atoms with van der Waals surface area (Å²) in [6.07, 6.45) is 1.78. The van der Waals surface area contributed by atoms with Crippen LogP contribution in [0.1, 0.15) is 31.0 Å². The number of hydrogen-bond acceptors (Lipinski definition) is 4. The Kier molecular flexibility index (Phi) is 4.41. The Morgan fingerprint density at radius 3 is 2.58 bits per heavy atom. The lowest BCUT2D eigenvalue weighted by atomic mass is 9.95. The molecule has 0 spiro atoms. The number of benzene rings is 1. The second kappa shape index (κ2) is 6.36. The molecule has 1 heterocycles. The predicted octanol–water partition coefficient (Wildman–Crippen LogP) is 3.03. The van der Waals surface area contributed by atoms with Gasteiger partial charge in [0.25, 0.3) is 0 Å². The van der Waals surface area contributed by atoms with E-state index in [2.05, 4.69) is 10.3 Å². The van der Waals surface area contributed by atoms with Crippen molar-refractivity contribution in [2.75, 3.05) is 0 Å². The fourth-order valence-electron chi connectivity index (χ4n) is 2.71. The molecule has 2 N–H and O–H groups in total. The lowest BCUT2D eigenvalue weighted by molar-refractivity contribution is -0.147. The van der Waals surface area contributed by atoms with Gasteiger partial charge in [-0.3, -0.25) is 4.79 Å². The van der Waals surface area contributed by atoms with Crippen LogP contribution >= 0.6 is 11.3 Å². The fraction of sp³-hybridized carbons (Fsp3) is 0.389. The number of aromatic nitrogens is 1. The van der Waals surface area contributed by atoms with Crippen molar-refractivity contribution in [3.05, 3.63) is 40.9 Å². The first kappa shape index (κ1) is 16.6. The topological polar surface area (TPSA) is 79.3 Å². The number of hydrogen-bond donors (Lipinski definition) is 2. The zero-order valence-corrected chi connectivity index (χ0v) is 14.5. The zero-order chi connectivity index (χ0) is 17.3. The molecule has 1 unspecified atom stereocenters. The van der Waals surface area contributed by atoms with Crippen molar-refractivity contribution < 1.29 is 14.7 Å². The van der Waals surface area contributed by atoms with Crippen LogP contribution in [0.3, 0.4) is 0 Å². The molecule has 0 saturated heterocycles. The van der Waals surface area contributed by atoms with Crippen LogP contribution < -0.4 is 5.32 Å². The molecule has 2 aromatic rings. The lowest BCUT2D eigenvalue weighted by Gasteiger charge is -2.25. The van der Waals surface area contributed by atoms with Crippen LogP contribution in [0, 0.1) is 12.8 Å². The van der Waals surface area contributed by atoms with Gasteiger partial charge in [0.15, 0.2) is 0 Å². The Morgan fingerprint density at radius 2 is 2.00 bits per heavy atom. The van der Waals surface area contributed by atoms with Crippen molar-refractivity contribution in [3.8, 4) is 10.6 Å². The second-order valence-corrected chi connectivity index (χ2v) is 7.37. The van der Waals surface area contributed by atoms with Gasteiger partial charge < -0.3 is 10.4 Å². The number of carbonyl (C=O) groups excluding carboxylic acids is 1. The maximum atomic E-state index is 12.2. The molecular formula is C18H20N2O3S. The number of nitrogens with zero attached hydrogens (tertiary/aromatic N) is 1. The summed E-state index contributed by atoms with van der Waals surface area (Å²) in [6, 6.07) is 8.06. The van der Waals surface area contributed by atoms with E-state index in [0.717, 1.165) is 23.4 Å². The molecule has 0 radical (unpaired) electrons. The third-order valence-corrected chi connectivity index (χ3v) is 5.37. The number of aliphatic carboxylic acids is 1. The lowest BCUT2D eigenvalue weighted by Crippen LogP contribution is -2.54. The highest BCUT2D eigenvalue weighted by atomic mass is 32.1. The van der Waals surface area contributed by atoms with E-state index >= 15 is 0 Å². The van der Waals surface area contributed by atoms with E-state index < -0.39 is 11.5 Å². The van der Waals surface area contributed by atoms with Crippen LogP contribution in [0.15, 0.2) is 29.6 Å². The van der Waals surface area contributed by atoms with Crippen LogP contribution in [0.25, 0.3) is 10.6 Å². The summed E-state index contributed by atoms with van der Waals surface area (Å²) in [4.78, 5) is 28.2. The van der Waals surface area contributed by atoms with Crippen molar-refractivity contribution in [2.45, 2.75) is 38.6 Å². The first-order chi connectivity index (χ1) is 11.4. The van der Waals surface area contributed by atoms with Crippen LogP contribution in [-0.4, -0.2) is 27.5 Å². The summed E-state index contributed by atoms with van der Waals surface area (Å²) in [5.41, 5.74) is 1.69.